The quantitative estimate of drug-likeness (QED) is 0.387. The zero-order valence-electron chi connectivity index (χ0n) is 24.0. The highest BCUT2D eigenvalue weighted by Gasteiger charge is 2.52. The Hall–Kier alpha value is -4.87. The van der Waals surface area contributed by atoms with Gasteiger partial charge in [0.15, 0.2) is 5.13 Å². The molecule has 2 aromatic carbocycles. The number of para-hydroxylation sites is 1. The van der Waals surface area contributed by atoms with E-state index in [1.54, 1.807) is 53.2 Å². The number of nitrogen functional groups attached to an aromatic ring is 1. The van der Waals surface area contributed by atoms with Crippen molar-refractivity contribution in [3.8, 4) is 18.1 Å². The smallest absolute Gasteiger partial charge is 0.410 e. The summed E-state index contributed by atoms with van der Waals surface area (Å²) < 4.78 is 6.22. The number of piperazine rings is 1. The molecule has 3 N–H and O–H groups in total. The summed E-state index contributed by atoms with van der Waals surface area (Å²) >= 11 is 1.37. The number of rotatable bonds is 7. The summed E-state index contributed by atoms with van der Waals surface area (Å²) in [5.41, 5.74) is 8.27. The molecule has 224 valence electrons. The average Bonchev–Trinajstić information content (AvgIpc) is 3.53. The van der Waals surface area contributed by atoms with Crippen molar-refractivity contribution in [2.24, 2.45) is 0 Å². The topological polar surface area (TPSA) is 145 Å². The number of hydrogen-bond acceptors (Lipinski definition) is 9. The Bertz CT molecular complexity index is 1600. The summed E-state index contributed by atoms with van der Waals surface area (Å²) in [6, 6.07) is 11.2. The summed E-state index contributed by atoms with van der Waals surface area (Å²) in [5, 5.41) is 5.95. The number of nitrogens with one attached hydrogen (secondary N) is 1. The van der Waals surface area contributed by atoms with Gasteiger partial charge in [0, 0.05) is 34.1 Å². The molecule has 5 rings (SSSR count). The third-order valence-electron chi connectivity index (χ3n) is 7.37. The number of ether oxygens (including phenoxy) is 1. The van der Waals surface area contributed by atoms with Crippen LogP contribution in [-0.2, 0) is 22.6 Å². The molecule has 3 heterocycles. The molecule has 0 radical (unpaired) electrons. The van der Waals surface area contributed by atoms with E-state index in [2.05, 4.69) is 16.2 Å². The van der Waals surface area contributed by atoms with E-state index in [9.17, 15) is 19.2 Å². The molecule has 3 aromatic rings. The lowest BCUT2D eigenvalue weighted by Crippen LogP contribution is -2.66. The van der Waals surface area contributed by atoms with Crippen LogP contribution in [0.4, 0.5) is 14.7 Å². The van der Waals surface area contributed by atoms with Gasteiger partial charge >= 0.3 is 12.1 Å². The molecule has 0 saturated carbocycles. The summed E-state index contributed by atoms with van der Waals surface area (Å²) in [7, 11) is 4.66. The van der Waals surface area contributed by atoms with E-state index in [4.69, 9.17) is 16.9 Å². The number of anilines is 1. The first-order chi connectivity index (χ1) is 20.6. The Labute approximate surface area is 252 Å². The number of hydrazine groups is 1. The molecular formula is C29H32N8O5S. The van der Waals surface area contributed by atoms with Crippen molar-refractivity contribution in [3.63, 3.8) is 0 Å². The number of terminal acetylenes is 1. The van der Waals surface area contributed by atoms with E-state index in [0.717, 1.165) is 21.3 Å². The molecule has 2 saturated heterocycles. The highest BCUT2D eigenvalue weighted by molar-refractivity contribution is 7.22. The lowest BCUT2D eigenvalue weighted by Gasteiger charge is -2.46. The Morgan fingerprint density at radius 3 is 2.63 bits per heavy atom. The number of benzene rings is 2. The Morgan fingerprint density at radius 2 is 1.95 bits per heavy atom. The van der Waals surface area contributed by atoms with E-state index in [1.165, 1.54) is 28.3 Å². The van der Waals surface area contributed by atoms with Crippen LogP contribution < -0.4 is 15.8 Å². The second-order valence-electron chi connectivity index (χ2n) is 10.4. The number of carbonyl (C=O) groups is 4. The summed E-state index contributed by atoms with van der Waals surface area (Å²) in [4.78, 5) is 61.3. The van der Waals surface area contributed by atoms with Crippen molar-refractivity contribution < 1.29 is 23.9 Å². The SMILES string of the molecule is C#CCN(C(=O)NC)N1CC(=O)N2[C@@H](Cc3ccc(OC(=O)N(C)C)cc3)C(=O)N(Cc3cccc4sc(N)nc34)C[C@@H]21. The Kier molecular flexibility index (Phi) is 8.38. The Morgan fingerprint density at radius 1 is 1.21 bits per heavy atom. The standard InChI is InChI=1S/C29H32N8O5S/c1-5-13-35(28(40)31-2)36-17-24(38)37-21(14-18-9-11-20(12-10-18)42-29(41)33(3)4)26(39)34(16-23(36)37)15-19-7-6-8-22-25(19)32-27(30)43-22/h1,6-12,21,23H,13-17H2,2-4H3,(H2,30,32)(H,31,40)/t21-,23+/m0/s1. The fourth-order valence-electron chi connectivity index (χ4n) is 5.35. The predicted molar refractivity (Wildman–Crippen MR) is 160 cm³/mol. The third-order valence-corrected chi connectivity index (χ3v) is 8.22. The van der Waals surface area contributed by atoms with Gasteiger partial charge in [-0.25, -0.2) is 19.6 Å². The van der Waals surface area contributed by atoms with Crippen molar-refractivity contribution in [2.45, 2.75) is 25.2 Å². The third kappa shape index (κ3) is 5.90. The van der Waals surface area contributed by atoms with Gasteiger partial charge in [0.25, 0.3) is 0 Å². The van der Waals surface area contributed by atoms with E-state index in [1.807, 2.05) is 18.2 Å². The van der Waals surface area contributed by atoms with Crippen LogP contribution in [0.2, 0.25) is 0 Å². The first-order valence-corrected chi connectivity index (χ1v) is 14.3. The van der Waals surface area contributed by atoms with Crippen LogP contribution in [0.15, 0.2) is 42.5 Å². The molecule has 2 aliphatic heterocycles. The minimum Gasteiger partial charge on any atom is -0.410 e. The van der Waals surface area contributed by atoms with Crippen LogP contribution in [-0.4, -0.2) is 107 Å². The second-order valence-corrected chi connectivity index (χ2v) is 11.4. The molecule has 13 nitrogen and oxygen atoms in total. The van der Waals surface area contributed by atoms with Gasteiger partial charge < -0.3 is 30.5 Å². The molecular weight excluding hydrogens is 572 g/mol. The molecule has 43 heavy (non-hydrogen) atoms. The molecule has 2 atom stereocenters. The van der Waals surface area contributed by atoms with E-state index >= 15 is 0 Å². The van der Waals surface area contributed by atoms with Gasteiger partial charge in [-0.3, -0.25) is 9.59 Å². The lowest BCUT2D eigenvalue weighted by atomic mass is 9.99. The zero-order valence-corrected chi connectivity index (χ0v) is 24.8. The van der Waals surface area contributed by atoms with Gasteiger partial charge in [-0.15, -0.1) is 6.42 Å². The maximum atomic E-state index is 14.1. The molecule has 0 bridgehead atoms. The second kappa shape index (κ2) is 12.2. The van der Waals surface area contributed by atoms with Gasteiger partial charge in [0.05, 0.1) is 29.9 Å². The number of nitrogens with zero attached hydrogens (tertiary/aromatic N) is 6. The van der Waals surface area contributed by atoms with E-state index < -0.39 is 24.3 Å². The van der Waals surface area contributed by atoms with E-state index in [0.29, 0.717) is 10.9 Å². The van der Waals surface area contributed by atoms with Crippen molar-refractivity contribution >= 4 is 50.6 Å². The molecule has 0 aliphatic carbocycles. The predicted octanol–water partition coefficient (Wildman–Crippen LogP) is 1.55. The van der Waals surface area contributed by atoms with Gasteiger partial charge in [0.2, 0.25) is 11.8 Å². The van der Waals surface area contributed by atoms with Crippen LogP contribution >= 0.6 is 11.3 Å². The summed E-state index contributed by atoms with van der Waals surface area (Å²) in [6.07, 6.45) is 4.63. The lowest BCUT2D eigenvalue weighted by molar-refractivity contribution is -0.157. The van der Waals surface area contributed by atoms with Crippen LogP contribution in [0.5, 0.6) is 5.75 Å². The minimum atomic E-state index is -0.858. The van der Waals surface area contributed by atoms with E-state index in [-0.39, 0.29) is 44.4 Å². The largest absolute Gasteiger partial charge is 0.414 e. The molecule has 2 aliphatic rings. The maximum absolute atomic E-state index is 14.1. The summed E-state index contributed by atoms with van der Waals surface area (Å²) in [5.74, 6) is 2.31. The number of aromatic nitrogens is 1. The number of hydrogen-bond donors (Lipinski definition) is 2. The minimum absolute atomic E-state index is 0.0551. The van der Waals surface area contributed by atoms with Gasteiger partial charge in [-0.1, -0.05) is 41.5 Å². The number of carbonyl (C=O) groups excluding carboxylic acids is 4. The average molecular weight is 605 g/mol. The van der Waals surface area contributed by atoms with Crippen LogP contribution in [0.1, 0.15) is 11.1 Å². The number of nitrogens with two attached hydrogens (primary N) is 1. The van der Waals surface area contributed by atoms with Gasteiger partial charge in [0.1, 0.15) is 18.0 Å². The number of urea groups is 1. The zero-order chi connectivity index (χ0) is 30.8. The highest BCUT2D eigenvalue weighted by atomic mass is 32.1. The number of amides is 5. The molecule has 0 unspecified atom stereocenters. The molecule has 1 aromatic heterocycles. The fraction of sp³-hybridized carbons (Fsp3) is 0.345. The highest BCUT2D eigenvalue weighted by Crippen LogP contribution is 2.32. The van der Waals surface area contributed by atoms with Gasteiger partial charge in [-0.2, -0.15) is 5.01 Å². The Balaban J connectivity index is 1.48. The first kappa shape index (κ1) is 29.6. The van der Waals surface area contributed by atoms with Crippen LogP contribution in [0.3, 0.4) is 0 Å². The molecule has 14 heteroatoms. The van der Waals surface area contributed by atoms with Crippen molar-refractivity contribution in [1.82, 2.24) is 35.0 Å². The molecule has 2 fully saturated rings. The molecule has 5 amide bonds. The van der Waals surface area contributed by atoms with Crippen LogP contribution in [0, 0.1) is 12.3 Å². The van der Waals surface area contributed by atoms with Crippen molar-refractivity contribution in [1.29, 1.82) is 0 Å². The van der Waals surface area contributed by atoms with Gasteiger partial charge in [-0.05, 0) is 29.3 Å². The van der Waals surface area contributed by atoms with Crippen molar-refractivity contribution in [2.75, 3.05) is 46.5 Å². The van der Waals surface area contributed by atoms with Crippen LogP contribution in [0.25, 0.3) is 10.2 Å². The maximum Gasteiger partial charge on any atom is 0.414 e. The fourth-order valence-corrected chi connectivity index (χ4v) is 6.13. The monoisotopic (exact) mass is 604 g/mol. The number of thiazole rings is 1. The first-order valence-electron chi connectivity index (χ1n) is 13.5. The van der Waals surface area contributed by atoms with Crippen molar-refractivity contribution in [3.05, 3.63) is 53.6 Å². The summed E-state index contributed by atoms with van der Waals surface area (Å²) in [6.45, 7) is 0.209. The number of fused-ring (bicyclic) bond motifs is 2. The normalized spacial score (nSPS) is 18.4. The molecule has 0 spiro atoms.